The Hall–Kier alpha value is -3.10. The van der Waals surface area contributed by atoms with Crippen LogP contribution in [0, 0.1) is 11.8 Å². The predicted octanol–water partition coefficient (Wildman–Crippen LogP) is 3.35. The zero-order chi connectivity index (χ0) is 29.2. The summed E-state index contributed by atoms with van der Waals surface area (Å²) >= 11 is 0. The topological polar surface area (TPSA) is 96.3 Å². The minimum Gasteiger partial charge on any atom is -0.508 e. The summed E-state index contributed by atoms with van der Waals surface area (Å²) < 4.78 is 0. The fourth-order valence-corrected chi connectivity index (χ4v) is 6.18. The molecule has 40 heavy (non-hydrogen) atoms. The van der Waals surface area contributed by atoms with Gasteiger partial charge in [-0.1, -0.05) is 45.9 Å². The number of benzene rings is 2. The lowest BCUT2D eigenvalue weighted by Crippen LogP contribution is -2.58. The zero-order valence-corrected chi connectivity index (χ0v) is 24.9. The molecule has 2 heterocycles. The molecule has 4 unspecified atom stereocenters. The Kier molecular flexibility index (Phi) is 9.10. The van der Waals surface area contributed by atoms with Gasteiger partial charge >= 0.3 is 0 Å². The van der Waals surface area contributed by atoms with Gasteiger partial charge in [0.1, 0.15) is 17.5 Å². The summed E-state index contributed by atoms with van der Waals surface area (Å²) in [5.41, 5.74) is 3.02. The Morgan fingerprint density at radius 1 is 1.10 bits per heavy atom. The molecule has 2 aliphatic heterocycles. The van der Waals surface area contributed by atoms with Crippen LogP contribution in [0.4, 0.5) is 0 Å². The standard InChI is InChI=1S/C32H46N4O4/c1-21(2)28(19-35-13-12-32(4,22(3)17-35)25-8-7-9-26(37)16-25)33-31(40)29-15-23-10-11-27(38)14-24(23)18-36(29)30(39)20-34(5)6/h7-11,14,16,21-22,28-29,37-38H,12-13,15,17-20H2,1-6H3,(H,33,40). The summed E-state index contributed by atoms with van der Waals surface area (Å²) in [5, 5.41) is 23.3. The van der Waals surface area contributed by atoms with Crippen molar-refractivity contribution in [3.63, 3.8) is 0 Å². The number of rotatable bonds is 8. The van der Waals surface area contributed by atoms with Gasteiger partial charge in [-0.05, 0) is 85.3 Å². The van der Waals surface area contributed by atoms with Gasteiger partial charge in [-0.3, -0.25) is 9.59 Å². The van der Waals surface area contributed by atoms with Crippen LogP contribution >= 0.6 is 0 Å². The van der Waals surface area contributed by atoms with E-state index in [4.69, 9.17) is 0 Å². The van der Waals surface area contributed by atoms with Gasteiger partial charge in [0.15, 0.2) is 0 Å². The van der Waals surface area contributed by atoms with Crippen molar-refractivity contribution >= 4 is 11.8 Å². The normalized spacial score (nSPS) is 24.1. The number of likely N-dealkylation sites (N-methyl/N-ethyl adjacent to an activating group) is 1. The van der Waals surface area contributed by atoms with Crippen molar-refractivity contribution in [2.24, 2.45) is 11.8 Å². The fraction of sp³-hybridized carbons (Fsp3) is 0.562. The highest BCUT2D eigenvalue weighted by Gasteiger charge is 2.40. The molecular formula is C32H46N4O4. The Bertz CT molecular complexity index is 1220. The smallest absolute Gasteiger partial charge is 0.243 e. The average molecular weight is 551 g/mol. The van der Waals surface area contributed by atoms with Gasteiger partial charge in [0.2, 0.25) is 11.8 Å². The fourth-order valence-electron chi connectivity index (χ4n) is 6.18. The minimum atomic E-state index is -0.597. The Labute approximate surface area is 239 Å². The number of hydrogen-bond acceptors (Lipinski definition) is 6. The number of likely N-dealkylation sites (tertiary alicyclic amines) is 1. The number of nitrogens with zero attached hydrogens (tertiary/aromatic N) is 3. The molecule has 4 rings (SSSR count). The third-order valence-corrected chi connectivity index (χ3v) is 9.05. The minimum absolute atomic E-state index is 0.0248. The Morgan fingerprint density at radius 2 is 1.82 bits per heavy atom. The number of aromatic hydroxyl groups is 2. The van der Waals surface area contributed by atoms with Crippen LogP contribution < -0.4 is 5.32 Å². The van der Waals surface area contributed by atoms with Gasteiger partial charge in [0.25, 0.3) is 0 Å². The van der Waals surface area contributed by atoms with Gasteiger partial charge < -0.3 is 30.2 Å². The molecule has 0 aliphatic carbocycles. The maximum Gasteiger partial charge on any atom is 0.243 e. The number of carbonyl (C=O) groups excluding carboxylic acids is 2. The van der Waals surface area contributed by atoms with Crippen molar-refractivity contribution in [3.8, 4) is 11.5 Å². The van der Waals surface area contributed by atoms with E-state index in [1.807, 2.05) is 37.2 Å². The highest BCUT2D eigenvalue weighted by Crippen LogP contribution is 2.40. The van der Waals surface area contributed by atoms with Crippen LogP contribution in [0.25, 0.3) is 0 Å². The zero-order valence-electron chi connectivity index (χ0n) is 24.9. The van der Waals surface area contributed by atoms with Crippen molar-refractivity contribution in [1.29, 1.82) is 0 Å². The summed E-state index contributed by atoms with van der Waals surface area (Å²) in [7, 11) is 3.69. The number of phenols is 2. The van der Waals surface area contributed by atoms with E-state index >= 15 is 0 Å². The first-order chi connectivity index (χ1) is 18.9. The molecule has 1 saturated heterocycles. The monoisotopic (exact) mass is 550 g/mol. The third-order valence-electron chi connectivity index (χ3n) is 9.05. The average Bonchev–Trinajstić information content (AvgIpc) is 2.89. The van der Waals surface area contributed by atoms with Crippen LogP contribution in [0.5, 0.6) is 11.5 Å². The van der Waals surface area contributed by atoms with Crippen LogP contribution in [-0.2, 0) is 28.0 Å². The van der Waals surface area contributed by atoms with Gasteiger partial charge in [-0.25, -0.2) is 0 Å². The molecule has 3 N–H and O–H groups in total. The number of nitrogens with one attached hydrogen (secondary N) is 1. The molecule has 0 bridgehead atoms. The molecule has 218 valence electrons. The van der Waals surface area contributed by atoms with E-state index in [1.54, 1.807) is 23.1 Å². The van der Waals surface area contributed by atoms with E-state index in [9.17, 15) is 19.8 Å². The highest BCUT2D eigenvalue weighted by molar-refractivity contribution is 5.89. The highest BCUT2D eigenvalue weighted by atomic mass is 16.3. The maximum atomic E-state index is 13.8. The molecule has 2 aliphatic rings. The van der Waals surface area contributed by atoms with E-state index in [2.05, 4.69) is 44.0 Å². The number of carbonyl (C=O) groups is 2. The molecule has 4 atom stereocenters. The number of amides is 2. The largest absolute Gasteiger partial charge is 0.508 e. The molecule has 1 fully saturated rings. The molecule has 2 amide bonds. The van der Waals surface area contributed by atoms with E-state index in [0.717, 1.165) is 37.2 Å². The quantitative estimate of drug-likeness (QED) is 0.467. The predicted molar refractivity (Wildman–Crippen MR) is 157 cm³/mol. The molecule has 8 nitrogen and oxygen atoms in total. The van der Waals surface area contributed by atoms with Crippen LogP contribution in [0.2, 0.25) is 0 Å². The van der Waals surface area contributed by atoms with E-state index < -0.39 is 6.04 Å². The summed E-state index contributed by atoms with van der Waals surface area (Å²) in [5.74, 6) is 0.832. The summed E-state index contributed by atoms with van der Waals surface area (Å²) in [6.45, 7) is 11.9. The first-order valence-corrected chi connectivity index (χ1v) is 14.4. The SMILES string of the molecule is CC(C)C(CN1CCC(C)(c2cccc(O)c2)C(C)C1)NC(=O)C1Cc2ccc(O)cc2CN1C(=O)CN(C)C. The molecule has 0 saturated carbocycles. The second-order valence-electron chi connectivity index (χ2n) is 12.7. The van der Waals surface area contributed by atoms with Crippen LogP contribution in [-0.4, -0.2) is 89.1 Å². The summed E-state index contributed by atoms with van der Waals surface area (Å²) in [4.78, 5) is 32.9. The lowest BCUT2D eigenvalue weighted by Gasteiger charge is -2.46. The summed E-state index contributed by atoms with van der Waals surface area (Å²) in [6.07, 6.45) is 1.39. The third kappa shape index (κ3) is 6.61. The Morgan fingerprint density at radius 3 is 2.48 bits per heavy atom. The lowest BCUT2D eigenvalue weighted by atomic mass is 9.68. The lowest BCUT2D eigenvalue weighted by molar-refractivity contribution is -0.142. The van der Waals surface area contributed by atoms with Crippen molar-refractivity contribution in [2.45, 2.75) is 64.6 Å². The van der Waals surface area contributed by atoms with Crippen LogP contribution in [0.3, 0.4) is 0 Å². The number of phenolic OH excluding ortho intramolecular Hbond substituents is 2. The molecule has 2 aromatic rings. The second kappa shape index (κ2) is 12.2. The number of fused-ring (bicyclic) bond motifs is 1. The van der Waals surface area contributed by atoms with E-state index in [-0.39, 0.29) is 41.5 Å². The van der Waals surface area contributed by atoms with Gasteiger partial charge in [-0.15, -0.1) is 0 Å². The number of hydrogen-bond donors (Lipinski definition) is 3. The molecule has 0 spiro atoms. The summed E-state index contributed by atoms with van der Waals surface area (Å²) in [6, 6.07) is 12.2. The van der Waals surface area contributed by atoms with Gasteiger partial charge in [0, 0.05) is 32.1 Å². The molecule has 2 aromatic carbocycles. The first-order valence-electron chi connectivity index (χ1n) is 14.4. The van der Waals surface area contributed by atoms with Crippen molar-refractivity contribution in [2.75, 3.05) is 40.3 Å². The second-order valence-corrected chi connectivity index (χ2v) is 12.7. The van der Waals surface area contributed by atoms with E-state index in [1.165, 1.54) is 5.56 Å². The van der Waals surface area contributed by atoms with Crippen molar-refractivity contribution in [3.05, 3.63) is 59.2 Å². The number of piperidine rings is 1. The Balaban J connectivity index is 1.46. The molecule has 0 aromatic heterocycles. The van der Waals surface area contributed by atoms with Crippen LogP contribution in [0.1, 0.15) is 50.8 Å². The van der Waals surface area contributed by atoms with Gasteiger partial charge in [0.05, 0.1) is 6.54 Å². The van der Waals surface area contributed by atoms with Crippen LogP contribution in [0.15, 0.2) is 42.5 Å². The van der Waals surface area contributed by atoms with Gasteiger partial charge in [-0.2, -0.15) is 0 Å². The molecular weight excluding hydrogens is 504 g/mol. The maximum absolute atomic E-state index is 13.8. The molecule has 0 radical (unpaired) electrons. The van der Waals surface area contributed by atoms with E-state index in [0.29, 0.717) is 24.6 Å². The van der Waals surface area contributed by atoms with Crippen molar-refractivity contribution < 1.29 is 19.8 Å². The first kappa shape index (κ1) is 29.9. The van der Waals surface area contributed by atoms with Crippen molar-refractivity contribution in [1.82, 2.24) is 20.0 Å². The molecule has 8 heteroatoms.